The molecule has 4 rings (SSSR count). The molecule has 1 amide bonds. The quantitative estimate of drug-likeness (QED) is 0.340. The van der Waals surface area contributed by atoms with Gasteiger partial charge in [-0.15, -0.1) is 0 Å². The van der Waals surface area contributed by atoms with Crippen molar-refractivity contribution in [3.63, 3.8) is 0 Å². The number of aromatic nitrogens is 2. The molecule has 204 valence electrons. The van der Waals surface area contributed by atoms with Crippen LogP contribution in [-0.4, -0.2) is 30.1 Å². The lowest BCUT2D eigenvalue weighted by molar-refractivity contribution is 0.0949. The topological polar surface area (TPSA) is 122 Å². The second-order valence-corrected chi connectivity index (χ2v) is 11.2. The molecule has 1 N–H and O–H groups in total. The second kappa shape index (κ2) is 11.6. The zero-order valence-electron chi connectivity index (χ0n) is 21.6. The molecule has 0 atom stereocenters. The van der Waals surface area contributed by atoms with Gasteiger partial charge in [0.15, 0.2) is 9.84 Å². The lowest BCUT2D eigenvalue weighted by Crippen LogP contribution is -2.31. The van der Waals surface area contributed by atoms with Crippen LogP contribution in [-0.2, 0) is 22.9 Å². The van der Waals surface area contributed by atoms with Gasteiger partial charge < -0.3 is 9.88 Å². The molecule has 8 nitrogen and oxygen atoms in total. The highest BCUT2D eigenvalue weighted by molar-refractivity contribution is 7.90. The summed E-state index contributed by atoms with van der Waals surface area (Å²) in [4.78, 5) is 31.2. The van der Waals surface area contributed by atoms with Gasteiger partial charge in [0.2, 0.25) is 5.43 Å². The molecule has 2 aromatic heterocycles. The largest absolute Gasteiger partial charge is 0.348 e. The number of halogens is 2. The van der Waals surface area contributed by atoms with Gasteiger partial charge in [-0.05, 0) is 48.4 Å². The van der Waals surface area contributed by atoms with Crippen LogP contribution in [0.3, 0.4) is 0 Å². The molecule has 0 saturated carbocycles. The molecule has 0 unspecified atom stereocenters. The molecular weight excluding hydrogens is 538 g/mol. The van der Waals surface area contributed by atoms with E-state index in [1.54, 1.807) is 35.8 Å². The van der Waals surface area contributed by atoms with Gasteiger partial charge in [0.1, 0.15) is 11.6 Å². The number of carbonyl (C=O) groups excluding carboxylic acids is 1. The number of pyridine rings is 2. The Balaban J connectivity index is 1.74. The highest BCUT2D eigenvalue weighted by Gasteiger charge is 2.21. The SMILES string of the molecule is Cc1c(-c2cccc(C(F)F)c2)c(=O)c(C(=O)NCc2ccc(S(C)(=O)=O)cc2)cn1Cc1ccc(C#N)cn1. The van der Waals surface area contributed by atoms with Gasteiger partial charge in [0.25, 0.3) is 12.3 Å². The number of alkyl halides is 2. The first kappa shape index (κ1) is 28.3. The molecule has 0 aliphatic heterocycles. The van der Waals surface area contributed by atoms with E-state index < -0.39 is 27.6 Å². The summed E-state index contributed by atoms with van der Waals surface area (Å²) in [6, 6.07) is 16.6. The van der Waals surface area contributed by atoms with E-state index in [2.05, 4.69) is 10.3 Å². The number of nitrogens with one attached hydrogen (secondary N) is 1. The van der Waals surface area contributed by atoms with Crippen LogP contribution in [0.5, 0.6) is 0 Å². The third-order valence-electron chi connectivity index (χ3n) is 6.31. The third-order valence-corrected chi connectivity index (χ3v) is 7.44. The zero-order chi connectivity index (χ0) is 29.0. The Morgan fingerprint density at radius 2 is 1.85 bits per heavy atom. The van der Waals surface area contributed by atoms with Crippen LogP contribution in [0, 0.1) is 18.3 Å². The van der Waals surface area contributed by atoms with Crippen molar-refractivity contribution in [1.29, 1.82) is 5.26 Å². The number of sulfone groups is 1. The van der Waals surface area contributed by atoms with E-state index in [9.17, 15) is 26.8 Å². The number of nitriles is 1. The lowest BCUT2D eigenvalue weighted by Gasteiger charge is -2.17. The summed E-state index contributed by atoms with van der Waals surface area (Å²) in [5.74, 6) is -0.690. The van der Waals surface area contributed by atoms with Crippen molar-refractivity contribution < 1.29 is 22.0 Å². The molecule has 4 aromatic rings. The minimum absolute atomic E-state index is 0.0174. The highest BCUT2D eigenvalue weighted by Crippen LogP contribution is 2.27. The van der Waals surface area contributed by atoms with Gasteiger partial charge in [-0.25, -0.2) is 17.2 Å². The Labute approximate surface area is 229 Å². The zero-order valence-corrected chi connectivity index (χ0v) is 22.4. The van der Waals surface area contributed by atoms with Crippen molar-refractivity contribution >= 4 is 15.7 Å². The summed E-state index contributed by atoms with van der Waals surface area (Å²) < 4.78 is 51.9. The monoisotopic (exact) mass is 562 g/mol. The minimum atomic E-state index is -3.38. The Bertz CT molecular complexity index is 1780. The van der Waals surface area contributed by atoms with Gasteiger partial charge >= 0.3 is 0 Å². The minimum Gasteiger partial charge on any atom is -0.348 e. The fourth-order valence-corrected chi connectivity index (χ4v) is 4.77. The van der Waals surface area contributed by atoms with E-state index in [0.717, 1.165) is 6.26 Å². The number of rotatable bonds is 8. The summed E-state index contributed by atoms with van der Waals surface area (Å²) in [5.41, 5.74) is 1.22. The Hall–Kier alpha value is -4.69. The maximum absolute atomic E-state index is 13.6. The van der Waals surface area contributed by atoms with Crippen molar-refractivity contribution in [2.24, 2.45) is 0 Å². The summed E-state index contributed by atoms with van der Waals surface area (Å²) >= 11 is 0. The van der Waals surface area contributed by atoms with Crippen molar-refractivity contribution in [2.75, 3.05) is 6.26 Å². The normalized spacial score (nSPS) is 11.3. The second-order valence-electron chi connectivity index (χ2n) is 9.14. The molecule has 2 aromatic carbocycles. The number of carbonyl (C=O) groups is 1. The van der Waals surface area contributed by atoms with Gasteiger partial charge in [0.05, 0.1) is 22.7 Å². The average molecular weight is 563 g/mol. The molecule has 40 heavy (non-hydrogen) atoms. The highest BCUT2D eigenvalue weighted by atomic mass is 32.2. The predicted molar refractivity (Wildman–Crippen MR) is 145 cm³/mol. The number of benzene rings is 2. The van der Waals surface area contributed by atoms with E-state index in [0.29, 0.717) is 22.5 Å². The van der Waals surface area contributed by atoms with Crippen molar-refractivity contribution in [3.8, 4) is 17.2 Å². The third kappa shape index (κ3) is 6.30. The van der Waals surface area contributed by atoms with Gasteiger partial charge in [-0.1, -0.05) is 30.3 Å². The smallest absolute Gasteiger partial charge is 0.263 e. The number of hydrogen-bond donors (Lipinski definition) is 1. The molecule has 11 heteroatoms. The summed E-state index contributed by atoms with van der Waals surface area (Å²) in [7, 11) is -3.38. The van der Waals surface area contributed by atoms with E-state index in [1.165, 1.54) is 48.8 Å². The van der Waals surface area contributed by atoms with E-state index in [1.807, 2.05) is 6.07 Å². The number of hydrogen-bond acceptors (Lipinski definition) is 6. The molecule has 0 spiro atoms. The maximum Gasteiger partial charge on any atom is 0.263 e. The summed E-state index contributed by atoms with van der Waals surface area (Å²) in [6.07, 6.45) is 1.14. The molecule has 2 heterocycles. The van der Waals surface area contributed by atoms with Crippen molar-refractivity contribution in [1.82, 2.24) is 14.9 Å². The molecular formula is C29H24F2N4O4S. The summed E-state index contributed by atoms with van der Waals surface area (Å²) in [6.45, 7) is 1.82. The number of amides is 1. The van der Waals surface area contributed by atoms with Crippen molar-refractivity contribution in [3.05, 3.63) is 117 Å². The van der Waals surface area contributed by atoms with Gasteiger partial charge in [-0.2, -0.15) is 5.26 Å². The Kier molecular flexibility index (Phi) is 8.21. The molecule has 0 radical (unpaired) electrons. The van der Waals surface area contributed by atoms with Crippen LogP contribution in [0.15, 0.2) is 82.7 Å². The first-order valence-electron chi connectivity index (χ1n) is 12.0. The van der Waals surface area contributed by atoms with Crippen LogP contribution < -0.4 is 10.7 Å². The maximum atomic E-state index is 13.6. The Morgan fingerprint density at radius 3 is 2.45 bits per heavy atom. The summed E-state index contributed by atoms with van der Waals surface area (Å²) in [5, 5.41) is 11.7. The average Bonchev–Trinajstić information content (AvgIpc) is 2.93. The molecule has 0 bridgehead atoms. The number of nitrogens with zero attached hydrogens (tertiary/aromatic N) is 3. The molecule has 0 aliphatic carbocycles. The van der Waals surface area contributed by atoms with Crippen molar-refractivity contribution in [2.45, 2.75) is 31.3 Å². The first-order chi connectivity index (χ1) is 19.0. The van der Waals surface area contributed by atoms with E-state index in [4.69, 9.17) is 5.26 Å². The van der Waals surface area contributed by atoms with E-state index >= 15 is 0 Å². The Morgan fingerprint density at radius 1 is 1.12 bits per heavy atom. The van der Waals surface area contributed by atoms with Gasteiger partial charge in [0, 0.05) is 42.0 Å². The van der Waals surface area contributed by atoms with Crippen LogP contribution in [0.4, 0.5) is 8.78 Å². The van der Waals surface area contributed by atoms with Crippen LogP contribution in [0.2, 0.25) is 0 Å². The fourth-order valence-electron chi connectivity index (χ4n) is 4.14. The standard InChI is InChI=1S/C29H24F2N4O4S/c1-18-26(21-4-3-5-22(12-21)28(30)31)27(36)25(17-35(18)16-23-9-6-20(13-32)15-33-23)29(37)34-14-19-7-10-24(11-8-19)40(2,38)39/h3-12,15,17,28H,14,16H2,1-2H3,(H,34,37). The van der Waals surface area contributed by atoms with Crippen LogP contribution >= 0.6 is 0 Å². The van der Waals surface area contributed by atoms with Crippen LogP contribution in [0.1, 0.15) is 44.9 Å². The first-order valence-corrected chi connectivity index (χ1v) is 13.9. The van der Waals surface area contributed by atoms with Gasteiger partial charge in [-0.3, -0.25) is 14.6 Å². The lowest BCUT2D eigenvalue weighted by atomic mass is 9.99. The molecule has 0 saturated heterocycles. The fraction of sp³-hybridized carbons (Fsp3) is 0.172. The molecule has 0 aliphatic rings. The molecule has 0 fully saturated rings. The predicted octanol–water partition coefficient (Wildman–Crippen LogP) is 4.41. The van der Waals surface area contributed by atoms with Crippen LogP contribution in [0.25, 0.3) is 11.1 Å². The van der Waals surface area contributed by atoms with E-state index in [-0.39, 0.29) is 40.2 Å².